The Balaban J connectivity index is 2.09. The van der Waals surface area contributed by atoms with Crippen LogP contribution in [0.5, 0.6) is 5.75 Å². The summed E-state index contributed by atoms with van der Waals surface area (Å²) in [6.45, 7) is 0.381. The van der Waals surface area contributed by atoms with E-state index in [1.807, 2.05) is 0 Å². The average molecular weight is 377 g/mol. The molecule has 1 N–H and O–H groups in total. The van der Waals surface area contributed by atoms with Gasteiger partial charge in [0.15, 0.2) is 0 Å². The number of methoxy groups -OCH3 is 1. The molecule has 0 saturated carbocycles. The molecule has 0 spiro atoms. The van der Waals surface area contributed by atoms with Crippen molar-refractivity contribution in [1.82, 2.24) is 4.90 Å². The minimum Gasteiger partial charge on any atom is -0.495 e. The Hall–Kier alpha value is -2.22. The molecule has 1 heterocycles. The first-order valence-corrected chi connectivity index (χ1v) is 7.79. The van der Waals surface area contributed by atoms with E-state index < -0.39 is 23.9 Å². The highest BCUT2D eigenvalue weighted by Crippen LogP contribution is 2.29. The maximum absolute atomic E-state index is 12.5. The van der Waals surface area contributed by atoms with Crippen molar-refractivity contribution >= 4 is 29.0 Å². The van der Waals surface area contributed by atoms with Crippen molar-refractivity contribution in [2.75, 3.05) is 19.0 Å². The smallest absolute Gasteiger partial charge is 0.454 e. The number of anilines is 1. The fourth-order valence-electron chi connectivity index (χ4n) is 2.50. The van der Waals surface area contributed by atoms with Crippen molar-refractivity contribution in [3.05, 3.63) is 35.5 Å². The van der Waals surface area contributed by atoms with Crippen LogP contribution in [0.25, 0.3) is 0 Å². The summed E-state index contributed by atoms with van der Waals surface area (Å²) in [5.41, 5.74) is 0.363. The van der Waals surface area contributed by atoms with Crippen LogP contribution in [0.2, 0.25) is 5.02 Å². The van der Waals surface area contributed by atoms with E-state index in [2.05, 4.69) is 5.32 Å². The van der Waals surface area contributed by atoms with Crippen LogP contribution in [0.4, 0.5) is 18.9 Å². The molecule has 1 saturated heterocycles. The predicted molar refractivity (Wildman–Crippen MR) is 86.6 cm³/mol. The number of ether oxygens (including phenoxy) is 1. The maximum atomic E-state index is 12.5. The summed E-state index contributed by atoms with van der Waals surface area (Å²) in [5, 5.41) is 3.06. The van der Waals surface area contributed by atoms with Gasteiger partial charge in [-0.15, -0.1) is 0 Å². The number of hydrogen-bond acceptors (Lipinski definition) is 4. The van der Waals surface area contributed by atoms with Gasteiger partial charge in [0, 0.05) is 23.8 Å². The van der Waals surface area contributed by atoms with E-state index in [1.54, 1.807) is 12.1 Å². The number of ketones is 1. The Kier molecular flexibility index (Phi) is 5.94. The Labute approximate surface area is 147 Å². The first kappa shape index (κ1) is 19.1. The number of carbonyl (C=O) groups is 2. The summed E-state index contributed by atoms with van der Waals surface area (Å²) >= 11 is 5.90. The molecule has 2 rings (SSSR count). The molecule has 136 valence electrons. The van der Waals surface area contributed by atoms with Crippen LogP contribution >= 0.6 is 11.6 Å². The number of nitrogens with one attached hydrogen (secondary N) is 1. The van der Waals surface area contributed by atoms with Gasteiger partial charge in [-0.05, 0) is 31.0 Å². The van der Waals surface area contributed by atoms with Crippen molar-refractivity contribution in [1.29, 1.82) is 0 Å². The van der Waals surface area contributed by atoms with Gasteiger partial charge in [-0.25, -0.2) is 0 Å². The quantitative estimate of drug-likeness (QED) is 0.800. The Bertz CT molecular complexity index is 692. The van der Waals surface area contributed by atoms with Gasteiger partial charge in [-0.2, -0.15) is 13.2 Å². The lowest BCUT2D eigenvalue weighted by molar-refractivity contribution is -0.165. The molecule has 1 aromatic rings. The van der Waals surface area contributed by atoms with Crippen LogP contribution in [-0.2, 0) is 9.59 Å². The van der Waals surface area contributed by atoms with Gasteiger partial charge in [0.2, 0.25) is 5.91 Å². The molecule has 0 aromatic heterocycles. The predicted octanol–water partition coefficient (Wildman–Crippen LogP) is 3.40. The van der Waals surface area contributed by atoms with Gasteiger partial charge in [0.05, 0.1) is 12.8 Å². The molecule has 0 unspecified atom stereocenters. The normalized spacial score (nSPS) is 17.8. The van der Waals surface area contributed by atoms with Gasteiger partial charge in [0.25, 0.3) is 5.78 Å². The van der Waals surface area contributed by atoms with E-state index in [9.17, 15) is 22.8 Å². The molecular weight excluding hydrogens is 361 g/mol. The molecule has 0 aliphatic carbocycles. The molecule has 1 aromatic carbocycles. The van der Waals surface area contributed by atoms with E-state index in [4.69, 9.17) is 16.3 Å². The lowest BCUT2D eigenvalue weighted by Crippen LogP contribution is -2.37. The topological polar surface area (TPSA) is 58.6 Å². The molecule has 1 aliphatic rings. The minimum atomic E-state index is -4.93. The summed E-state index contributed by atoms with van der Waals surface area (Å²) < 4.78 is 41.9. The summed E-state index contributed by atoms with van der Waals surface area (Å²) in [4.78, 5) is 24.8. The third-order valence-electron chi connectivity index (χ3n) is 3.71. The minimum absolute atomic E-state index is 0.363. The summed E-state index contributed by atoms with van der Waals surface area (Å²) in [6, 6.07) is 4.02. The van der Waals surface area contributed by atoms with E-state index in [-0.39, 0.29) is 0 Å². The zero-order valence-electron chi connectivity index (χ0n) is 13.3. The zero-order valence-corrected chi connectivity index (χ0v) is 14.0. The van der Waals surface area contributed by atoms with Crippen LogP contribution in [-0.4, -0.2) is 42.5 Å². The summed E-state index contributed by atoms with van der Waals surface area (Å²) in [7, 11) is 1.44. The molecule has 9 heteroatoms. The number of carbonyl (C=O) groups excluding carboxylic acids is 2. The fourth-order valence-corrected chi connectivity index (χ4v) is 2.67. The van der Waals surface area contributed by atoms with Crippen molar-refractivity contribution in [3.8, 4) is 5.75 Å². The lowest BCUT2D eigenvalue weighted by atomic mass is 10.2. The van der Waals surface area contributed by atoms with E-state index in [0.29, 0.717) is 41.9 Å². The van der Waals surface area contributed by atoms with Crippen LogP contribution in [0.1, 0.15) is 12.8 Å². The molecule has 1 fully saturated rings. The number of hydrogen-bond donors (Lipinski definition) is 1. The van der Waals surface area contributed by atoms with Crippen molar-refractivity contribution in [3.63, 3.8) is 0 Å². The number of halogens is 4. The summed E-state index contributed by atoms with van der Waals surface area (Å²) in [5.74, 6) is -1.97. The van der Waals surface area contributed by atoms with Gasteiger partial charge in [-0.1, -0.05) is 11.6 Å². The molecule has 25 heavy (non-hydrogen) atoms. The van der Waals surface area contributed by atoms with E-state index >= 15 is 0 Å². The summed E-state index contributed by atoms with van der Waals surface area (Å²) in [6.07, 6.45) is -2.40. The SMILES string of the molecule is COc1ccc(Cl)cc1NC(=O)[C@@H]1CCCN1/C=C/C(=O)C(F)(F)F. The number of benzene rings is 1. The van der Waals surface area contributed by atoms with Crippen molar-refractivity contribution in [2.24, 2.45) is 0 Å². The Morgan fingerprint density at radius 2 is 2.12 bits per heavy atom. The van der Waals surface area contributed by atoms with Gasteiger partial charge < -0.3 is 15.0 Å². The highest BCUT2D eigenvalue weighted by molar-refractivity contribution is 6.31. The first-order valence-electron chi connectivity index (χ1n) is 7.42. The molecule has 0 bridgehead atoms. The van der Waals surface area contributed by atoms with Crippen molar-refractivity contribution < 1.29 is 27.5 Å². The number of alkyl halides is 3. The third kappa shape index (κ3) is 4.88. The van der Waals surface area contributed by atoms with Crippen LogP contribution < -0.4 is 10.1 Å². The Morgan fingerprint density at radius 3 is 2.76 bits per heavy atom. The number of nitrogens with zero attached hydrogens (tertiary/aromatic N) is 1. The highest BCUT2D eigenvalue weighted by atomic mass is 35.5. The average Bonchev–Trinajstić information content (AvgIpc) is 3.00. The van der Waals surface area contributed by atoms with Gasteiger partial charge >= 0.3 is 6.18 Å². The number of likely N-dealkylation sites (tertiary alicyclic amines) is 1. The lowest BCUT2D eigenvalue weighted by Gasteiger charge is -2.22. The van der Waals surface area contributed by atoms with E-state index in [1.165, 1.54) is 18.1 Å². The maximum Gasteiger partial charge on any atom is 0.454 e. The van der Waals surface area contributed by atoms with Gasteiger partial charge in [-0.3, -0.25) is 9.59 Å². The number of rotatable bonds is 5. The van der Waals surface area contributed by atoms with Gasteiger partial charge in [0.1, 0.15) is 11.8 Å². The molecule has 1 aliphatic heterocycles. The molecule has 1 amide bonds. The number of allylic oxidation sites excluding steroid dienone is 1. The molecule has 5 nitrogen and oxygen atoms in total. The second-order valence-corrected chi connectivity index (χ2v) is 5.84. The monoisotopic (exact) mass is 376 g/mol. The van der Waals surface area contributed by atoms with Crippen LogP contribution in [0.3, 0.4) is 0 Å². The highest BCUT2D eigenvalue weighted by Gasteiger charge is 2.37. The molecule has 1 atom stereocenters. The number of amides is 1. The third-order valence-corrected chi connectivity index (χ3v) is 3.95. The second kappa shape index (κ2) is 7.77. The Morgan fingerprint density at radius 1 is 1.40 bits per heavy atom. The largest absolute Gasteiger partial charge is 0.495 e. The van der Waals surface area contributed by atoms with Crippen molar-refractivity contribution in [2.45, 2.75) is 25.1 Å². The van der Waals surface area contributed by atoms with Crippen LogP contribution in [0.15, 0.2) is 30.5 Å². The standard InChI is InChI=1S/C16H16ClF3N2O3/c1-25-13-5-4-10(17)9-11(13)21-15(24)12-3-2-7-22(12)8-6-14(23)16(18,19)20/h4-6,8-9,12H,2-3,7H2,1H3,(H,21,24)/b8-6+/t12-/m0/s1. The molecular formula is C16H16ClF3N2O3. The second-order valence-electron chi connectivity index (χ2n) is 5.41. The van der Waals surface area contributed by atoms with Crippen LogP contribution in [0, 0.1) is 0 Å². The first-order chi connectivity index (χ1) is 11.7. The zero-order chi connectivity index (χ0) is 18.6. The fraction of sp³-hybridized carbons (Fsp3) is 0.375. The van der Waals surface area contributed by atoms with E-state index in [0.717, 1.165) is 6.20 Å². The molecule has 0 radical (unpaired) electrons.